The number of amides is 2. The van der Waals surface area contributed by atoms with E-state index in [1.165, 1.54) is 0 Å². The van der Waals surface area contributed by atoms with E-state index >= 15 is 0 Å². The van der Waals surface area contributed by atoms with Gasteiger partial charge >= 0.3 is 12.2 Å². The Bertz CT molecular complexity index is 918. The van der Waals surface area contributed by atoms with Crippen molar-refractivity contribution in [2.24, 2.45) is 0 Å². The summed E-state index contributed by atoms with van der Waals surface area (Å²) in [4.78, 5) is 24.5. The van der Waals surface area contributed by atoms with Crippen molar-refractivity contribution in [1.29, 1.82) is 0 Å². The summed E-state index contributed by atoms with van der Waals surface area (Å²) in [5.41, 5.74) is -0.759. The zero-order valence-electron chi connectivity index (χ0n) is 20.9. The van der Waals surface area contributed by atoms with E-state index in [0.717, 1.165) is 19.3 Å². The molecule has 0 radical (unpaired) electrons. The monoisotopic (exact) mass is 502 g/mol. The number of hydrogen-bond acceptors (Lipinski definition) is 7. The fourth-order valence-electron chi connectivity index (χ4n) is 2.76. The minimum Gasteiger partial charge on any atom is -0.494 e. The summed E-state index contributed by atoms with van der Waals surface area (Å²) in [7, 11) is -3.90. The Morgan fingerprint density at radius 3 is 1.85 bits per heavy atom. The van der Waals surface area contributed by atoms with E-state index in [2.05, 4.69) is 10.6 Å². The normalized spacial score (nSPS) is 12.1. The summed E-state index contributed by atoms with van der Waals surface area (Å²) < 4.78 is 46.5. The predicted octanol–water partition coefficient (Wildman–Crippen LogP) is 5.60. The van der Waals surface area contributed by atoms with Crippen molar-refractivity contribution >= 4 is 33.7 Å². The molecule has 0 bridgehead atoms. The van der Waals surface area contributed by atoms with Gasteiger partial charge in [0.1, 0.15) is 17.0 Å². The zero-order valence-corrected chi connectivity index (χ0v) is 21.7. The second-order valence-electron chi connectivity index (χ2n) is 9.86. The first kappa shape index (κ1) is 29.5. The van der Waals surface area contributed by atoms with Crippen molar-refractivity contribution in [3.05, 3.63) is 18.2 Å². The first-order chi connectivity index (χ1) is 15.5. The van der Waals surface area contributed by atoms with E-state index in [0.29, 0.717) is 36.6 Å². The highest BCUT2D eigenvalue weighted by Gasteiger charge is 2.20. The highest BCUT2D eigenvalue weighted by Crippen LogP contribution is 2.29. The van der Waals surface area contributed by atoms with E-state index in [4.69, 9.17) is 18.8 Å². The van der Waals surface area contributed by atoms with Crippen LogP contribution in [0.25, 0.3) is 0 Å². The Morgan fingerprint density at radius 1 is 0.824 bits per heavy atom. The molecule has 0 heterocycles. The molecule has 34 heavy (non-hydrogen) atoms. The van der Waals surface area contributed by atoms with Crippen LogP contribution in [0, 0.1) is 0 Å². The van der Waals surface area contributed by atoms with Crippen molar-refractivity contribution in [3.63, 3.8) is 0 Å². The van der Waals surface area contributed by atoms with Gasteiger partial charge in [-0.15, -0.1) is 0 Å². The van der Waals surface area contributed by atoms with E-state index in [-0.39, 0.29) is 5.75 Å². The van der Waals surface area contributed by atoms with Crippen molar-refractivity contribution in [2.75, 3.05) is 23.0 Å². The molecule has 0 fully saturated rings. The molecule has 0 saturated heterocycles. The maximum Gasteiger partial charge on any atom is 0.412 e. The van der Waals surface area contributed by atoms with Crippen molar-refractivity contribution < 1.29 is 36.8 Å². The average molecular weight is 503 g/mol. The van der Waals surface area contributed by atoms with Gasteiger partial charge in [0.05, 0.1) is 23.7 Å². The van der Waals surface area contributed by atoms with Gasteiger partial charge in [0, 0.05) is 6.07 Å². The van der Waals surface area contributed by atoms with Crippen molar-refractivity contribution in [2.45, 2.75) is 84.8 Å². The van der Waals surface area contributed by atoms with Crippen LogP contribution >= 0.6 is 0 Å². The molecule has 0 unspecified atom stereocenters. The molecule has 0 spiro atoms. The Morgan fingerprint density at radius 2 is 1.32 bits per heavy atom. The van der Waals surface area contributed by atoms with E-state index in [1.54, 1.807) is 59.7 Å². The van der Waals surface area contributed by atoms with Gasteiger partial charge in [-0.2, -0.15) is 8.42 Å². The maximum atomic E-state index is 12.3. The lowest BCUT2D eigenvalue weighted by Crippen LogP contribution is -2.29. The SMILES string of the molecule is CC(C)(C)OC(=O)Nc1ccc(OCCCCCCCS(=O)(=O)O)cc1NC(=O)OC(C)(C)C. The molecule has 2 amide bonds. The second-order valence-corrected chi connectivity index (χ2v) is 11.4. The van der Waals surface area contributed by atoms with Crippen LogP contribution in [0.3, 0.4) is 0 Å². The molecule has 3 N–H and O–H groups in total. The summed E-state index contributed by atoms with van der Waals surface area (Å²) in [6.07, 6.45) is 2.19. The molecule has 1 rings (SSSR count). The molecular weight excluding hydrogens is 464 g/mol. The highest BCUT2D eigenvalue weighted by molar-refractivity contribution is 7.85. The van der Waals surface area contributed by atoms with Crippen molar-refractivity contribution in [1.82, 2.24) is 0 Å². The van der Waals surface area contributed by atoms with Crippen LogP contribution in [0.1, 0.15) is 73.6 Å². The standard InChI is InChI=1S/C23H38N2O8S/c1-22(2,3)32-20(26)24-18-13-12-17(16-19(18)25-21(27)33-23(4,5)6)31-14-10-8-7-9-11-15-34(28,29)30/h12-13,16H,7-11,14-15H2,1-6H3,(H,24,26)(H,25,27)(H,28,29,30). The van der Waals surface area contributed by atoms with Gasteiger partial charge in [-0.3, -0.25) is 15.2 Å². The number of carbonyl (C=O) groups is 2. The number of rotatable bonds is 11. The molecule has 0 saturated carbocycles. The summed E-state index contributed by atoms with van der Waals surface area (Å²) in [6, 6.07) is 4.85. The van der Waals surface area contributed by atoms with Crippen LogP contribution in [0.15, 0.2) is 18.2 Å². The number of benzene rings is 1. The van der Waals surface area contributed by atoms with Crippen LogP contribution in [-0.2, 0) is 19.6 Å². The molecule has 10 nitrogen and oxygen atoms in total. The zero-order chi connectivity index (χ0) is 26.0. The van der Waals surface area contributed by atoms with Crippen LogP contribution in [0.2, 0.25) is 0 Å². The van der Waals surface area contributed by atoms with Crippen LogP contribution < -0.4 is 15.4 Å². The first-order valence-electron chi connectivity index (χ1n) is 11.3. The summed E-state index contributed by atoms with van der Waals surface area (Å²) >= 11 is 0. The Hall–Kier alpha value is -2.53. The quantitative estimate of drug-likeness (QED) is 0.262. The number of carbonyl (C=O) groups excluding carboxylic acids is 2. The largest absolute Gasteiger partial charge is 0.494 e. The fraction of sp³-hybridized carbons (Fsp3) is 0.652. The number of anilines is 2. The lowest BCUT2D eigenvalue weighted by atomic mass is 10.2. The number of unbranched alkanes of at least 4 members (excludes halogenated alkanes) is 4. The molecule has 0 atom stereocenters. The Labute approximate surface area is 202 Å². The molecule has 1 aromatic rings. The average Bonchev–Trinajstić information content (AvgIpc) is 2.61. The minimum atomic E-state index is -3.90. The van der Waals surface area contributed by atoms with Gasteiger partial charge in [0.15, 0.2) is 0 Å². The van der Waals surface area contributed by atoms with Gasteiger partial charge in [0.25, 0.3) is 10.1 Å². The number of hydrogen-bond donors (Lipinski definition) is 3. The molecule has 0 aliphatic carbocycles. The van der Waals surface area contributed by atoms with E-state index in [1.807, 2.05) is 0 Å². The summed E-state index contributed by atoms with van der Waals surface area (Å²) in [5.74, 6) is 0.271. The molecular formula is C23H38N2O8S. The predicted molar refractivity (Wildman–Crippen MR) is 131 cm³/mol. The smallest absolute Gasteiger partial charge is 0.412 e. The lowest BCUT2D eigenvalue weighted by Gasteiger charge is -2.22. The molecule has 0 aliphatic heterocycles. The summed E-state index contributed by atoms with van der Waals surface area (Å²) in [6.45, 7) is 10.9. The first-order valence-corrected chi connectivity index (χ1v) is 12.9. The third kappa shape index (κ3) is 14.6. The number of ether oxygens (including phenoxy) is 3. The number of nitrogens with one attached hydrogen (secondary N) is 2. The van der Waals surface area contributed by atoms with E-state index in [9.17, 15) is 18.0 Å². The van der Waals surface area contributed by atoms with Gasteiger partial charge in [-0.05, 0) is 66.5 Å². The third-order valence-corrected chi connectivity index (χ3v) is 4.88. The van der Waals surface area contributed by atoms with Crippen LogP contribution in [0.4, 0.5) is 21.0 Å². The fourth-order valence-corrected chi connectivity index (χ4v) is 3.33. The van der Waals surface area contributed by atoms with E-state index < -0.39 is 33.5 Å². The Balaban J connectivity index is 2.71. The second kappa shape index (κ2) is 12.8. The summed E-state index contributed by atoms with van der Waals surface area (Å²) in [5, 5.41) is 5.25. The van der Waals surface area contributed by atoms with Crippen LogP contribution in [0.5, 0.6) is 5.75 Å². The minimum absolute atomic E-state index is 0.222. The maximum absolute atomic E-state index is 12.3. The molecule has 1 aromatic carbocycles. The van der Waals surface area contributed by atoms with Crippen LogP contribution in [-0.4, -0.2) is 48.7 Å². The molecule has 11 heteroatoms. The highest BCUT2D eigenvalue weighted by atomic mass is 32.2. The lowest BCUT2D eigenvalue weighted by molar-refractivity contribution is 0.0620. The van der Waals surface area contributed by atoms with Gasteiger partial charge < -0.3 is 14.2 Å². The van der Waals surface area contributed by atoms with Gasteiger partial charge in [-0.1, -0.05) is 19.3 Å². The topological polar surface area (TPSA) is 140 Å². The van der Waals surface area contributed by atoms with Gasteiger partial charge in [-0.25, -0.2) is 9.59 Å². The Kier molecular flexibility index (Phi) is 11.1. The molecule has 194 valence electrons. The molecule has 0 aliphatic rings. The van der Waals surface area contributed by atoms with Gasteiger partial charge in [0.2, 0.25) is 0 Å². The van der Waals surface area contributed by atoms with Crippen molar-refractivity contribution in [3.8, 4) is 5.75 Å². The third-order valence-electron chi connectivity index (χ3n) is 4.08. The molecule has 0 aromatic heterocycles.